The van der Waals surface area contributed by atoms with E-state index in [1.165, 1.54) is 16.7 Å². The number of benzene rings is 8. The second-order valence-electron chi connectivity index (χ2n) is 14.6. The highest BCUT2D eigenvalue weighted by molar-refractivity contribution is 6.11. The van der Waals surface area contributed by atoms with E-state index in [2.05, 4.69) is 193 Å². The van der Waals surface area contributed by atoms with Crippen LogP contribution in [0.15, 0.2) is 197 Å². The highest BCUT2D eigenvalue weighted by Gasteiger charge is 2.23. The maximum absolute atomic E-state index is 6.60. The zero-order valence-electron chi connectivity index (χ0n) is 31.1. The van der Waals surface area contributed by atoms with Gasteiger partial charge in [-0.2, -0.15) is 0 Å². The van der Waals surface area contributed by atoms with E-state index in [1.54, 1.807) is 0 Å². The third kappa shape index (κ3) is 5.82. The number of nitrogens with zero attached hydrogens (tertiary/aromatic N) is 2. The summed E-state index contributed by atoms with van der Waals surface area (Å²) >= 11 is 0. The molecule has 0 N–H and O–H groups in total. The Morgan fingerprint density at radius 1 is 0.474 bits per heavy atom. The molecule has 0 amide bonds. The Bertz CT molecular complexity index is 3120. The number of hydrogen-bond acceptors (Lipinski definition) is 4. The monoisotopic (exact) mass is 732 g/mol. The molecular formula is C53H36N2O2. The Balaban J connectivity index is 1.07. The minimum atomic E-state index is 0.607. The molecule has 0 atom stereocenters. The molecule has 57 heavy (non-hydrogen) atoms. The molecule has 270 valence electrons. The molecule has 0 fully saturated rings. The first-order chi connectivity index (χ1) is 28.2. The van der Waals surface area contributed by atoms with E-state index in [4.69, 9.17) is 13.8 Å². The van der Waals surface area contributed by atoms with E-state index < -0.39 is 0 Å². The number of aromatic nitrogens is 1. The van der Waals surface area contributed by atoms with Crippen molar-refractivity contribution in [1.82, 2.24) is 4.98 Å². The van der Waals surface area contributed by atoms with Crippen molar-refractivity contribution in [3.05, 3.63) is 199 Å². The third-order valence-corrected chi connectivity index (χ3v) is 11.1. The van der Waals surface area contributed by atoms with E-state index in [9.17, 15) is 0 Å². The maximum atomic E-state index is 6.60. The number of aryl methyl sites for hydroxylation is 1. The molecule has 0 unspecified atom stereocenters. The number of oxazole rings is 1. The van der Waals surface area contributed by atoms with Crippen LogP contribution in [0.3, 0.4) is 0 Å². The smallest absolute Gasteiger partial charge is 0.227 e. The van der Waals surface area contributed by atoms with Crippen molar-refractivity contribution in [2.75, 3.05) is 4.90 Å². The second kappa shape index (κ2) is 13.7. The van der Waals surface area contributed by atoms with Crippen LogP contribution in [0, 0.1) is 0 Å². The molecule has 2 heterocycles. The predicted octanol–water partition coefficient (Wildman–Crippen LogP) is 14.8. The Labute approximate surface area is 330 Å². The summed E-state index contributed by atoms with van der Waals surface area (Å²) in [6.07, 6.45) is 6.37. The summed E-state index contributed by atoms with van der Waals surface area (Å²) in [5.41, 5.74) is 14.6. The minimum Gasteiger partial charge on any atom is -0.460 e. The fraction of sp³-hybridized carbons (Fsp3) is 0.0377. The molecule has 4 nitrogen and oxygen atoms in total. The van der Waals surface area contributed by atoms with Gasteiger partial charge in [0, 0.05) is 34.3 Å². The first-order valence-corrected chi connectivity index (χ1v) is 19.5. The molecule has 0 spiro atoms. The highest BCUT2D eigenvalue weighted by Crippen LogP contribution is 2.46. The van der Waals surface area contributed by atoms with Gasteiger partial charge in [-0.1, -0.05) is 140 Å². The Hall–Kier alpha value is -7.43. The van der Waals surface area contributed by atoms with Crippen LogP contribution >= 0.6 is 0 Å². The van der Waals surface area contributed by atoms with E-state index in [0.717, 1.165) is 96.3 Å². The average Bonchev–Trinajstić information content (AvgIpc) is 3.90. The first-order valence-electron chi connectivity index (χ1n) is 19.5. The molecule has 1 aliphatic carbocycles. The number of anilines is 3. The van der Waals surface area contributed by atoms with Gasteiger partial charge >= 0.3 is 0 Å². The van der Waals surface area contributed by atoms with Gasteiger partial charge in [-0.25, -0.2) is 4.98 Å². The van der Waals surface area contributed by atoms with Gasteiger partial charge in [-0.15, -0.1) is 0 Å². The van der Waals surface area contributed by atoms with Crippen molar-refractivity contribution in [3.63, 3.8) is 0 Å². The number of allylic oxidation sites excluding steroid dienone is 1. The Morgan fingerprint density at radius 2 is 1.09 bits per heavy atom. The van der Waals surface area contributed by atoms with Crippen LogP contribution in [0.4, 0.5) is 17.1 Å². The van der Waals surface area contributed by atoms with Gasteiger partial charge < -0.3 is 13.7 Å². The van der Waals surface area contributed by atoms with Gasteiger partial charge in [0.05, 0.1) is 11.1 Å². The predicted molar refractivity (Wildman–Crippen MR) is 235 cm³/mol. The van der Waals surface area contributed by atoms with Crippen molar-refractivity contribution in [1.29, 1.82) is 0 Å². The standard InChI is InChI=1S/C53H36N2O2/c1-3-14-35(15-4-1)37-28-30-38(31-29-37)53-54-52-44-23-8-7-22-43(44)46(34-50(52)57-53)40-19-12-21-42(33-40)55(41-20-11-18-39(32-41)36-16-5-2-6-17-36)47-25-13-27-49-51(47)45-24-9-10-26-48(45)56-49/h1-9,11-25,27-34H,10,26H2. The Morgan fingerprint density at radius 3 is 1.86 bits per heavy atom. The fourth-order valence-corrected chi connectivity index (χ4v) is 8.42. The summed E-state index contributed by atoms with van der Waals surface area (Å²) in [4.78, 5) is 7.45. The number of hydrogen-bond donors (Lipinski definition) is 0. The van der Waals surface area contributed by atoms with Gasteiger partial charge in [0.1, 0.15) is 16.9 Å². The van der Waals surface area contributed by atoms with Crippen LogP contribution < -0.4 is 4.90 Å². The van der Waals surface area contributed by atoms with E-state index in [0.29, 0.717) is 5.89 Å². The first kappa shape index (κ1) is 33.0. The molecule has 0 saturated heterocycles. The maximum Gasteiger partial charge on any atom is 0.227 e. The topological polar surface area (TPSA) is 42.4 Å². The summed E-state index contributed by atoms with van der Waals surface area (Å²) < 4.78 is 13.1. The van der Waals surface area contributed by atoms with Crippen LogP contribution in [-0.4, -0.2) is 4.98 Å². The quantitative estimate of drug-likeness (QED) is 0.164. The minimum absolute atomic E-state index is 0.607. The molecule has 0 radical (unpaired) electrons. The summed E-state index contributed by atoms with van der Waals surface area (Å²) in [6.45, 7) is 0. The molecular weight excluding hydrogens is 697 g/mol. The average molecular weight is 733 g/mol. The SMILES string of the molecule is C1=Cc2c(oc3cccc(N(c4cccc(-c5ccccc5)c4)c4cccc(-c5cc6oc(-c7ccc(-c8ccccc8)cc7)nc6c6ccccc56)c4)c23)CC1. The third-order valence-electron chi connectivity index (χ3n) is 11.1. The highest BCUT2D eigenvalue weighted by atomic mass is 16.3. The zero-order valence-corrected chi connectivity index (χ0v) is 31.1. The zero-order chi connectivity index (χ0) is 37.7. The van der Waals surface area contributed by atoms with Gasteiger partial charge in [-0.3, -0.25) is 0 Å². The largest absolute Gasteiger partial charge is 0.460 e. The molecule has 0 bridgehead atoms. The lowest BCUT2D eigenvalue weighted by Gasteiger charge is -2.27. The van der Waals surface area contributed by atoms with E-state index in [-0.39, 0.29) is 0 Å². The molecule has 2 aromatic heterocycles. The van der Waals surface area contributed by atoms with Crippen molar-refractivity contribution in [2.45, 2.75) is 12.8 Å². The summed E-state index contributed by atoms with van der Waals surface area (Å²) in [6, 6.07) is 64.2. The van der Waals surface area contributed by atoms with Crippen LogP contribution in [0.2, 0.25) is 0 Å². The van der Waals surface area contributed by atoms with Gasteiger partial charge in [-0.05, 0) is 99.8 Å². The van der Waals surface area contributed by atoms with Crippen LogP contribution in [0.25, 0.3) is 83.8 Å². The molecule has 10 aromatic rings. The number of furan rings is 1. The Kier molecular flexibility index (Phi) is 7.92. The van der Waals surface area contributed by atoms with Crippen molar-refractivity contribution in [2.24, 2.45) is 0 Å². The van der Waals surface area contributed by atoms with Crippen LogP contribution in [0.5, 0.6) is 0 Å². The molecule has 8 aromatic carbocycles. The van der Waals surface area contributed by atoms with E-state index >= 15 is 0 Å². The van der Waals surface area contributed by atoms with Crippen LogP contribution in [-0.2, 0) is 6.42 Å². The number of rotatable bonds is 7. The fourth-order valence-electron chi connectivity index (χ4n) is 8.42. The molecule has 0 saturated carbocycles. The lowest BCUT2D eigenvalue weighted by molar-refractivity contribution is 0.546. The summed E-state index contributed by atoms with van der Waals surface area (Å²) in [7, 11) is 0. The van der Waals surface area contributed by atoms with Gasteiger partial charge in [0.2, 0.25) is 5.89 Å². The van der Waals surface area contributed by atoms with Gasteiger partial charge in [0.25, 0.3) is 0 Å². The molecule has 4 heteroatoms. The van der Waals surface area contributed by atoms with Crippen molar-refractivity contribution >= 4 is 56.0 Å². The molecule has 0 aliphatic heterocycles. The normalized spacial score (nSPS) is 12.4. The second-order valence-corrected chi connectivity index (χ2v) is 14.6. The van der Waals surface area contributed by atoms with Crippen LogP contribution in [0.1, 0.15) is 17.7 Å². The summed E-state index contributed by atoms with van der Waals surface area (Å²) in [5.74, 6) is 1.65. The van der Waals surface area contributed by atoms with Crippen molar-refractivity contribution < 1.29 is 8.83 Å². The van der Waals surface area contributed by atoms with Crippen molar-refractivity contribution in [3.8, 4) is 44.8 Å². The summed E-state index contributed by atoms with van der Waals surface area (Å²) in [5, 5.41) is 3.30. The number of fused-ring (bicyclic) bond motifs is 6. The molecule has 1 aliphatic rings. The lowest BCUT2D eigenvalue weighted by Crippen LogP contribution is -2.11. The molecule has 11 rings (SSSR count). The van der Waals surface area contributed by atoms with Gasteiger partial charge in [0.15, 0.2) is 5.58 Å². The lowest BCUT2D eigenvalue weighted by atomic mass is 9.96. The van der Waals surface area contributed by atoms with E-state index in [1.807, 2.05) is 6.07 Å².